The van der Waals surface area contributed by atoms with Crippen LogP contribution in [0.1, 0.15) is 47.5 Å². The second-order valence-corrected chi connectivity index (χ2v) is 8.81. The number of ether oxygens (including phenoxy) is 1. The number of nitrogens with one attached hydrogen (secondary N) is 1. The van der Waals surface area contributed by atoms with Crippen LogP contribution in [0.4, 0.5) is 17.2 Å². The van der Waals surface area contributed by atoms with Crippen molar-refractivity contribution in [2.45, 2.75) is 53.1 Å². The lowest BCUT2D eigenvalue weighted by molar-refractivity contribution is -0.134. The van der Waals surface area contributed by atoms with Gasteiger partial charge in [-0.2, -0.15) is 4.98 Å². The normalized spacial score (nSPS) is 19.3. The number of aromatic nitrogens is 1. The SMILES string of the molecule is CC[C@@H](C)C(=O)Nc1ccc2c(n1)O[C@](C)(CC(C)C)C(=O)N2c1cccc(Cl)c1. The lowest BCUT2D eigenvalue weighted by Gasteiger charge is -2.40. The number of nitrogens with zero attached hydrogens (tertiary/aromatic N) is 2. The summed E-state index contributed by atoms with van der Waals surface area (Å²) in [5.74, 6) is 0.526. The molecule has 2 amide bonds. The van der Waals surface area contributed by atoms with Crippen LogP contribution in [-0.2, 0) is 9.59 Å². The van der Waals surface area contributed by atoms with E-state index < -0.39 is 5.60 Å². The number of carbonyl (C=O) groups is 2. The molecule has 0 spiro atoms. The van der Waals surface area contributed by atoms with Crippen LogP contribution in [0, 0.1) is 11.8 Å². The largest absolute Gasteiger partial charge is 0.460 e. The number of pyridine rings is 1. The Bertz CT molecular complexity index is 962. The molecule has 0 aliphatic carbocycles. The summed E-state index contributed by atoms with van der Waals surface area (Å²) in [4.78, 5) is 31.9. The molecule has 0 saturated carbocycles. The fourth-order valence-electron chi connectivity index (χ4n) is 3.57. The second-order valence-electron chi connectivity index (χ2n) is 8.37. The zero-order valence-electron chi connectivity index (χ0n) is 18.0. The van der Waals surface area contributed by atoms with Crippen molar-refractivity contribution in [1.82, 2.24) is 4.98 Å². The highest BCUT2D eigenvalue weighted by molar-refractivity contribution is 6.31. The maximum absolute atomic E-state index is 13.5. The van der Waals surface area contributed by atoms with Crippen LogP contribution in [0.5, 0.6) is 5.88 Å². The maximum Gasteiger partial charge on any atom is 0.275 e. The van der Waals surface area contributed by atoms with Gasteiger partial charge < -0.3 is 10.1 Å². The van der Waals surface area contributed by atoms with Crippen LogP contribution in [0.3, 0.4) is 0 Å². The van der Waals surface area contributed by atoms with E-state index in [-0.39, 0.29) is 23.7 Å². The highest BCUT2D eigenvalue weighted by Crippen LogP contribution is 2.43. The highest BCUT2D eigenvalue weighted by Gasteiger charge is 2.46. The van der Waals surface area contributed by atoms with Crippen molar-refractivity contribution in [3.8, 4) is 5.88 Å². The summed E-state index contributed by atoms with van der Waals surface area (Å²) < 4.78 is 6.15. The van der Waals surface area contributed by atoms with Crippen molar-refractivity contribution >= 4 is 40.6 Å². The summed E-state index contributed by atoms with van der Waals surface area (Å²) in [6, 6.07) is 10.5. The van der Waals surface area contributed by atoms with Crippen LogP contribution in [0.2, 0.25) is 5.02 Å². The zero-order valence-corrected chi connectivity index (χ0v) is 18.8. The molecule has 1 aromatic heterocycles. The van der Waals surface area contributed by atoms with Crippen molar-refractivity contribution in [2.24, 2.45) is 11.8 Å². The monoisotopic (exact) mass is 429 g/mol. The van der Waals surface area contributed by atoms with Crippen LogP contribution in [0.25, 0.3) is 0 Å². The molecule has 1 aromatic carbocycles. The van der Waals surface area contributed by atoms with Crippen molar-refractivity contribution in [1.29, 1.82) is 0 Å². The van der Waals surface area contributed by atoms with Gasteiger partial charge in [0.25, 0.3) is 5.91 Å². The smallest absolute Gasteiger partial charge is 0.275 e. The second kappa shape index (κ2) is 8.64. The summed E-state index contributed by atoms with van der Waals surface area (Å²) >= 11 is 6.19. The first-order valence-corrected chi connectivity index (χ1v) is 10.6. The lowest BCUT2D eigenvalue weighted by Crippen LogP contribution is -2.53. The standard InChI is InChI=1S/C23H28ClN3O3/c1-6-15(4)20(28)25-19-11-10-18-21(26-19)30-23(5,13-14(2)3)22(29)27(18)17-9-7-8-16(24)12-17/h7-12,14-15H,6,13H2,1-5H3,(H,25,26,28)/t15-,23-/m1/s1. The minimum atomic E-state index is -1.09. The molecule has 3 rings (SSSR count). The molecule has 0 fully saturated rings. The number of hydrogen-bond acceptors (Lipinski definition) is 4. The van der Waals surface area contributed by atoms with E-state index >= 15 is 0 Å². The lowest BCUT2D eigenvalue weighted by atomic mass is 9.91. The fourth-order valence-corrected chi connectivity index (χ4v) is 3.75. The average molecular weight is 430 g/mol. The maximum atomic E-state index is 13.5. The van der Waals surface area contributed by atoms with Gasteiger partial charge in [-0.1, -0.05) is 45.4 Å². The Hall–Kier alpha value is -2.60. The molecule has 2 aromatic rings. The Kier molecular flexibility index (Phi) is 6.36. The van der Waals surface area contributed by atoms with Gasteiger partial charge in [0.05, 0.1) is 5.69 Å². The van der Waals surface area contributed by atoms with Crippen LogP contribution >= 0.6 is 11.6 Å². The molecule has 1 aliphatic heterocycles. The van der Waals surface area contributed by atoms with Gasteiger partial charge in [-0.3, -0.25) is 14.5 Å². The first kappa shape index (κ1) is 22.1. The van der Waals surface area contributed by atoms with Crippen LogP contribution in [-0.4, -0.2) is 22.4 Å². The van der Waals surface area contributed by atoms with Gasteiger partial charge >= 0.3 is 0 Å². The number of amides is 2. The third kappa shape index (κ3) is 4.43. The molecule has 2 atom stereocenters. The number of anilines is 3. The van der Waals surface area contributed by atoms with E-state index in [2.05, 4.69) is 10.3 Å². The molecule has 1 N–H and O–H groups in total. The summed E-state index contributed by atoms with van der Waals surface area (Å²) in [5.41, 5.74) is 0.0748. The molecular weight excluding hydrogens is 402 g/mol. The zero-order chi connectivity index (χ0) is 22.1. The van der Waals surface area contributed by atoms with E-state index in [1.807, 2.05) is 33.8 Å². The molecule has 160 valence electrons. The Morgan fingerprint density at radius 3 is 2.63 bits per heavy atom. The van der Waals surface area contributed by atoms with E-state index in [4.69, 9.17) is 16.3 Å². The van der Waals surface area contributed by atoms with Gasteiger partial charge in [0.2, 0.25) is 11.8 Å². The predicted molar refractivity (Wildman–Crippen MR) is 119 cm³/mol. The molecule has 6 nitrogen and oxygen atoms in total. The fraction of sp³-hybridized carbons (Fsp3) is 0.435. The van der Waals surface area contributed by atoms with E-state index in [0.717, 1.165) is 6.42 Å². The van der Waals surface area contributed by atoms with E-state index in [0.29, 0.717) is 34.5 Å². The Morgan fingerprint density at radius 1 is 1.27 bits per heavy atom. The predicted octanol–water partition coefficient (Wildman–Crippen LogP) is 5.58. The molecule has 0 radical (unpaired) electrons. The molecule has 0 unspecified atom stereocenters. The van der Waals surface area contributed by atoms with Gasteiger partial charge in [-0.15, -0.1) is 0 Å². The minimum absolute atomic E-state index is 0.103. The van der Waals surface area contributed by atoms with Gasteiger partial charge in [0.1, 0.15) is 11.5 Å². The van der Waals surface area contributed by atoms with Gasteiger partial charge in [-0.05, 0) is 56.0 Å². The third-order valence-electron chi connectivity index (χ3n) is 5.23. The number of rotatable bonds is 6. The minimum Gasteiger partial charge on any atom is -0.460 e. The topological polar surface area (TPSA) is 71.5 Å². The van der Waals surface area contributed by atoms with Gasteiger partial charge in [0.15, 0.2) is 5.60 Å². The average Bonchev–Trinajstić information content (AvgIpc) is 2.67. The molecule has 2 heterocycles. The van der Waals surface area contributed by atoms with E-state index in [9.17, 15) is 9.59 Å². The van der Waals surface area contributed by atoms with Crippen LogP contribution < -0.4 is 15.0 Å². The number of benzene rings is 1. The molecule has 30 heavy (non-hydrogen) atoms. The molecule has 0 bridgehead atoms. The first-order chi connectivity index (χ1) is 14.1. The van der Waals surface area contributed by atoms with Crippen molar-refractivity contribution in [3.63, 3.8) is 0 Å². The highest BCUT2D eigenvalue weighted by atomic mass is 35.5. The number of hydrogen-bond donors (Lipinski definition) is 1. The van der Waals surface area contributed by atoms with Crippen LogP contribution in [0.15, 0.2) is 36.4 Å². The third-order valence-corrected chi connectivity index (χ3v) is 5.47. The Labute approximate surface area is 182 Å². The summed E-state index contributed by atoms with van der Waals surface area (Å²) in [7, 11) is 0. The first-order valence-electron chi connectivity index (χ1n) is 10.3. The Morgan fingerprint density at radius 2 is 2.00 bits per heavy atom. The van der Waals surface area contributed by atoms with Gasteiger partial charge in [0, 0.05) is 10.9 Å². The summed E-state index contributed by atoms with van der Waals surface area (Å²) in [6.07, 6.45) is 1.25. The quantitative estimate of drug-likeness (QED) is 0.650. The van der Waals surface area contributed by atoms with Crippen molar-refractivity contribution in [3.05, 3.63) is 41.4 Å². The summed E-state index contributed by atoms with van der Waals surface area (Å²) in [5, 5.41) is 3.36. The molecule has 1 aliphatic rings. The molecule has 0 saturated heterocycles. The summed E-state index contributed by atoms with van der Waals surface area (Å²) in [6.45, 7) is 9.68. The van der Waals surface area contributed by atoms with Crippen molar-refractivity contribution in [2.75, 3.05) is 10.2 Å². The molecular formula is C23H28ClN3O3. The Balaban J connectivity index is 2.06. The van der Waals surface area contributed by atoms with E-state index in [1.165, 1.54) is 0 Å². The van der Waals surface area contributed by atoms with E-state index in [1.54, 1.807) is 42.2 Å². The molecule has 7 heteroatoms. The van der Waals surface area contributed by atoms with Crippen molar-refractivity contribution < 1.29 is 14.3 Å². The number of fused-ring (bicyclic) bond motifs is 1. The van der Waals surface area contributed by atoms with Gasteiger partial charge in [-0.25, -0.2) is 0 Å². The number of carbonyl (C=O) groups excluding carboxylic acids is 2. The number of halogens is 1.